The minimum Gasteiger partial charge on any atom is -0.504 e. The standard InChI is InChI=1S/C15H26N2O2/c1-5-17(6-2)15(4,16)11-12-9-8-10-13(14(12)18)19-7-3/h8-10,18H,5-7,11,16H2,1-4H3. The molecular formula is C15H26N2O2. The number of phenols is 1. The largest absolute Gasteiger partial charge is 0.504 e. The van der Waals surface area contributed by atoms with Crippen LogP contribution in [0.5, 0.6) is 11.5 Å². The SMILES string of the molecule is CCOc1cccc(CC(C)(N)N(CC)CC)c1O. The van der Waals surface area contributed by atoms with E-state index >= 15 is 0 Å². The minimum atomic E-state index is -0.480. The van der Waals surface area contributed by atoms with Gasteiger partial charge in [-0.1, -0.05) is 26.0 Å². The van der Waals surface area contributed by atoms with Crippen molar-refractivity contribution in [3.8, 4) is 11.5 Å². The van der Waals surface area contributed by atoms with Crippen LogP contribution in [0.4, 0.5) is 0 Å². The van der Waals surface area contributed by atoms with Crippen molar-refractivity contribution in [2.75, 3.05) is 19.7 Å². The molecule has 1 aromatic carbocycles. The van der Waals surface area contributed by atoms with Crippen LogP contribution in [0.25, 0.3) is 0 Å². The highest BCUT2D eigenvalue weighted by molar-refractivity contribution is 5.46. The second-order valence-corrected chi connectivity index (χ2v) is 4.90. The summed E-state index contributed by atoms with van der Waals surface area (Å²) in [6.45, 7) is 10.4. The zero-order chi connectivity index (χ0) is 14.5. The van der Waals surface area contributed by atoms with E-state index in [-0.39, 0.29) is 5.75 Å². The molecule has 1 aromatic rings. The van der Waals surface area contributed by atoms with E-state index in [2.05, 4.69) is 18.7 Å². The van der Waals surface area contributed by atoms with Gasteiger partial charge in [0.05, 0.1) is 12.3 Å². The van der Waals surface area contributed by atoms with Gasteiger partial charge in [0, 0.05) is 12.0 Å². The molecule has 0 spiro atoms. The molecule has 0 fully saturated rings. The third-order valence-corrected chi connectivity index (χ3v) is 3.42. The van der Waals surface area contributed by atoms with E-state index in [9.17, 15) is 5.11 Å². The molecule has 0 aliphatic carbocycles. The van der Waals surface area contributed by atoms with E-state index in [1.807, 2.05) is 26.0 Å². The Balaban J connectivity index is 2.95. The van der Waals surface area contributed by atoms with E-state index in [1.165, 1.54) is 0 Å². The topological polar surface area (TPSA) is 58.7 Å². The van der Waals surface area contributed by atoms with Gasteiger partial charge in [-0.25, -0.2) is 0 Å². The van der Waals surface area contributed by atoms with Gasteiger partial charge in [-0.2, -0.15) is 0 Å². The smallest absolute Gasteiger partial charge is 0.161 e. The molecule has 0 amide bonds. The zero-order valence-corrected chi connectivity index (χ0v) is 12.4. The second kappa shape index (κ2) is 6.78. The normalized spacial score (nSPS) is 14.4. The van der Waals surface area contributed by atoms with Gasteiger partial charge in [0.2, 0.25) is 0 Å². The Morgan fingerprint density at radius 2 is 1.89 bits per heavy atom. The summed E-state index contributed by atoms with van der Waals surface area (Å²) < 4.78 is 5.40. The van der Waals surface area contributed by atoms with Gasteiger partial charge in [-0.3, -0.25) is 4.90 Å². The number of phenolic OH excluding ortho intramolecular Hbond substituents is 1. The van der Waals surface area contributed by atoms with Crippen LogP contribution in [-0.4, -0.2) is 35.4 Å². The molecule has 0 saturated carbocycles. The number of rotatable bonds is 7. The summed E-state index contributed by atoms with van der Waals surface area (Å²) in [5.74, 6) is 0.725. The van der Waals surface area contributed by atoms with Crippen molar-refractivity contribution in [3.05, 3.63) is 23.8 Å². The first-order chi connectivity index (χ1) is 8.96. The fourth-order valence-electron chi connectivity index (χ4n) is 2.43. The summed E-state index contributed by atoms with van der Waals surface area (Å²) in [4.78, 5) is 2.18. The Kier molecular flexibility index (Phi) is 5.63. The van der Waals surface area contributed by atoms with Crippen molar-refractivity contribution < 1.29 is 9.84 Å². The lowest BCUT2D eigenvalue weighted by Crippen LogP contribution is -2.55. The third kappa shape index (κ3) is 3.85. The highest BCUT2D eigenvalue weighted by Gasteiger charge is 2.26. The van der Waals surface area contributed by atoms with Crippen molar-refractivity contribution in [1.29, 1.82) is 0 Å². The van der Waals surface area contributed by atoms with E-state index in [0.29, 0.717) is 18.8 Å². The van der Waals surface area contributed by atoms with Gasteiger partial charge in [0.25, 0.3) is 0 Å². The van der Waals surface area contributed by atoms with Crippen molar-refractivity contribution in [2.45, 2.75) is 39.8 Å². The zero-order valence-electron chi connectivity index (χ0n) is 12.4. The number of hydrogen-bond acceptors (Lipinski definition) is 4. The number of hydrogen-bond donors (Lipinski definition) is 2. The van der Waals surface area contributed by atoms with E-state index < -0.39 is 5.66 Å². The maximum Gasteiger partial charge on any atom is 0.161 e. The summed E-state index contributed by atoms with van der Waals surface area (Å²) in [5.41, 5.74) is 6.72. The quantitative estimate of drug-likeness (QED) is 0.744. The number of para-hydroxylation sites is 1. The lowest BCUT2D eigenvalue weighted by molar-refractivity contribution is 0.122. The minimum absolute atomic E-state index is 0.202. The molecule has 19 heavy (non-hydrogen) atoms. The van der Waals surface area contributed by atoms with Crippen LogP contribution >= 0.6 is 0 Å². The number of nitrogens with zero attached hydrogens (tertiary/aromatic N) is 1. The predicted octanol–water partition coefficient (Wildman–Crippen LogP) is 2.35. The van der Waals surface area contributed by atoms with E-state index in [1.54, 1.807) is 6.07 Å². The number of ether oxygens (including phenoxy) is 1. The first kappa shape index (κ1) is 15.8. The maximum atomic E-state index is 10.2. The Labute approximate surface area is 116 Å². The molecule has 0 radical (unpaired) electrons. The van der Waals surface area contributed by atoms with Crippen LogP contribution in [0.2, 0.25) is 0 Å². The molecule has 0 heterocycles. The van der Waals surface area contributed by atoms with Crippen LogP contribution in [0.1, 0.15) is 33.3 Å². The summed E-state index contributed by atoms with van der Waals surface area (Å²) in [7, 11) is 0. The molecule has 108 valence electrons. The van der Waals surface area contributed by atoms with Gasteiger partial charge in [0.1, 0.15) is 0 Å². The van der Waals surface area contributed by atoms with Gasteiger partial charge >= 0.3 is 0 Å². The van der Waals surface area contributed by atoms with E-state index in [4.69, 9.17) is 10.5 Å². The second-order valence-electron chi connectivity index (χ2n) is 4.90. The highest BCUT2D eigenvalue weighted by Crippen LogP contribution is 2.32. The van der Waals surface area contributed by atoms with Crippen molar-refractivity contribution in [1.82, 2.24) is 4.90 Å². The molecule has 4 heteroatoms. The molecule has 1 rings (SSSR count). The molecule has 0 bridgehead atoms. The fourth-order valence-corrected chi connectivity index (χ4v) is 2.43. The van der Waals surface area contributed by atoms with Gasteiger partial charge in [0.15, 0.2) is 11.5 Å². The van der Waals surface area contributed by atoms with Crippen LogP contribution < -0.4 is 10.5 Å². The molecule has 3 N–H and O–H groups in total. The number of benzene rings is 1. The van der Waals surface area contributed by atoms with Crippen molar-refractivity contribution in [2.24, 2.45) is 5.73 Å². The lowest BCUT2D eigenvalue weighted by atomic mass is 9.99. The monoisotopic (exact) mass is 266 g/mol. The molecular weight excluding hydrogens is 240 g/mol. The summed E-state index contributed by atoms with van der Waals surface area (Å²) in [6.07, 6.45) is 0.585. The molecule has 1 unspecified atom stereocenters. The molecule has 0 aliphatic rings. The predicted molar refractivity (Wildman–Crippen MR) is 78.5 cm³/mol. The molecule has 0 aliphatic heterocycles. The molecule has 1 atom stereocenters. The van der Waals surface area contributed by atoms with Gasteiger partial charge in [-0.15, -0.1) is 0 Å². The Morgan fingerprint density at radius 3 is 2.42 bits per heavy atom. The fraction of sp³-hybridized carbons (Fsp3) is 0.600. The van der Waals surface area contributed by atoms with Crippen molar-refractivity contribution >= 4 is 0 Å². The third-order valence-electron chi connectivity index (χ3n) is 3.42. The first-order valence-electron chi connectivity index (χ1n) is 6.93. The summed E-state index contributed by atoms with van der Waals surface area (Å²) in [5, 5.41) is 10.2. The van der Waals surface area contributed by atoms with Crippen LogP contribution in [0, 0.1) is 0 Å². The van der Waals surface area contributed by atoms with Gasteiger partial charge < -0.3 is 15.6 Å². The Morgan fingerprint density at radius 1 is 1.26 bits per heavy atom. The number of nitrogens with two attached hydrogens (primary N) is 1. The summed E-state index contributed by atoms with van der Waals surface area (Å²) >= 11 is 0. The van der Waals surface area contributed by atoms with E-state index in [0.717, 1.165) is 18.7 Å². The first-order valence-corrected chi connectivity index (χ1v) is 6.93. The van der Waals surface area contributed by atoms with Crippen molar-refractivity contribution in [3.63, 3.8) is 0 Å². The Bertz CT molecular complexity index is 401. The van der Waals surface area contributed by atoms with Crippen LogP contribution in [-0.2, 0) is 6.42 Å². The van der Waals surface area contributed by atoms with Crippen LogP contribution in [0.15, 0.2) is 18.2 Å². The molecule has 0 saturated heterocycles. The van der Waals surface area contributed by atoms with Crippen LogP contribution in [0.3, 0.4) is 0 Å². The summed E-state index contributed by atoms with van der Waals surface area (Å²) in [6, 6.07) is 5.55. The average molecular weight is 266 g/mol. The number of aromatic hydroxyl groups is 1. The molecule has 4 nitrogen and oxygen atoms in total. The number of likely N-dealkylation sites (N-methyl/N-ethyl adjacent to an activating group) is 1. The van der Waals surface area contributed by atoms with Gasteiger partial charge in [-0.05, 0) is 33.0 Å². The maximum absolute atomic E-state index is 10.2. The average Bonchev–Trinajstić information content (AvgIpc) is 2.35. The highest BCUT2D eigenvalue weighted by atomic mass is 16.5. The Hall–Kier alpha value is -1.26. The lowest BCUT2D eigenvalue weighted by Gasteiger charge is -2.37. The molecule has 0 aromatic heterocycles.